The summed E-state index contributed by atoms with van der Waals surface area (Å²) in [5, 5.41) is 1.20. The number of carbonyl (C=O) groups excluding carboxylic acids is 1. The second kappa shape index (κ2) is 9.51. The number of pyridine rings is 1. The molecular formula is C26H35N3O3S. The Kier molecular flexibility index (Phi) is 6.28. The Labute approximate surface area is 200 Å². The van der Waals surface area contributed by atoms with Crippen molar-refractivity contribution >= 4 is 27.5 Å². The summed E-state index contributed by atoms with van der Waals surface area (Å²) in [5.41, 5.74) is 1.37. The SMILES string of the molecule is O=C(C[C@H]1CCc2sc3nccc(O[C@H]4CC[C@H](N5CCOCC5)CC4)c3c21)N1CCCC1. The van der Waals surface area contributed by atoms with Gasteiger partial charge < -0.3 is 14.4 Å². The highest BCUT2D eigenvalue weighted by Gasteiger charge is 2.34. The zero-order chi connectivity index (χ0) is 22.2. The van der Waals surface area contributed by atoms with E-state index in [2.05, 4.69) is 20.9 Å². The Bertz CT molecular complexity index is 988. The Morgan fingerprint density at radius 1 is 1.09 bits per heavy atom. The van der Waals surface area contributed by atoms with E-state index in [-0.39, 0.29) is 6.10 Å². The maximum Gasteiger partial charge on any atom is 0.223 e. The van der Waals surface area contributed by atoms with Crippen LogP contribution in [0.25, 0.3) is 10.2 Å². The largest absolute Gasteiger partial charge is 0.490 e. The quantitative estimate of drug-likeness (QED) is 0.651. The van der Waals surface area contributed by atoms with Crippen LogP contribution in [0.1, 0.15) is 67.7 Å². The van der Waals surface area contributed by atoms with Crippen molar-refractivity contribution in [2.24, 2.45) is 0 Å². The molecule has 6 rings (SSSR count). The molecule has 2 aromatic rings. The van der Waals surface area contributed by atoms with Crippen molar-refractivity contribution in [3.05, 3.63) is 22.7 Å². The lowest BCUT2D eigenvalue weighted by molar-refractivity contribution is -0.130. The van der Waals surface area contributed by atoms with Gasteiger partial charge in [0.15, 0.2) is 0 Å². The van der Waals surface area contributed by atoms with E-state index in [1.807, 2.05) is 17.5 Å². The number of amides is 1. The lowest BCUT2D eigenvalue weighted by atomic mass is 9.91. The van der Waals surface area contributed by atoms with Crippen LogP contribution in [0.15, 0.2) is 12.3 Å². The number of nitrogens with zero attached hydrogens (tertiary/aromatic N) is 3. The lowest BCUT2D eigenvalue weighted by Gasteiger charge is -2.38. The van der Waals surface area contributed by atoms with Gasteiger partial charge in [0.05, 0.1) is 24.7 Å². The first-order valence-electron chi connectivity index (χ1n) is 12.9. The van der Waals surface area contributed by atoms with Crippen molar-refractivity contribution in [3.8, 4) is 5.75 Å². The topological polar surface area (TPSA) is 54.9 Å². The van der Waals surface area contributed by atoms with Gasteiger partial charge in [-0.2, -0.15) is 0 Å². The molecule has 2 saturated heterocycles. The van der Waals surface area contributed by atoms with Crippen LogP contribution >= 0.6 is 11.3 Å². The van der Waals surface area contributed by atoms with Crippen LogP contribution in [0.3, 0.4) is 0 Å². The molecule has 0 bridgehead atoms. The molecule has 1 amide bonds. The van der Waals surface area contributed by atoms with Gasteiger partial charge in [0.1, 0.15) is 10.6 Å². The summed E-state index contributed by atoms with van der Waals surface area (Å²) >= 11 is 1.81. The van der Waals surface area contributed by atoms with Crippen LogP contribution in [0.5, 0.6) is 5.75 Å². The molecule has 0 unspecified atom stereocenters. The fraction of sp³-hybridized carbons (Fsp3) is 0.692. The minimum Gasteiger partial charge on any atom is -0.490 e. The fourth-order valence-corrected chi connectivity index (χ4v) is 7.65. The predicted octanol–water partition coefficient (Wildman–Crippen LogP) is 4.36. The normalized spacial score (nSPS) is 28.4. The Morgan fingerprint density at radius 3 is 2.67 bits per heavy atom. The second-order valence-corrected chi connectivity index (χ2v) is 11.2. The number of hydrogen-bond acceptors (Lipinski definition) is 6. The first kappa shape index (κ1) is 21.8. The molecule has 0 spiro atoms. The molecule has 4 aliphatic rings. The van der Waals surface area contributed by atoms with E-state index in [0.29, 0.717) is 24.3 Å². The molecular weight excluding hydrogens is 434 g/mol. The van der Waals surface area contributed by atoms with Crippen LogP contribution in [-0.2, 0) is 16.0 Å². The number of carbonyl (C=O) groups is 1. The Morgan fingerprint density at radius 2 is 1.88 bits per heavy atom. The van der Waals surface area contributed by atoms with Crippen molar-refractivity contribution in [1.82, 2.24) is 14.8 Å². The summed E-state index contributed by atoms with van der Waals surface area (Å²) in [6.45, 7) is 5.75. The van der Waals surface area contributed by atoms with Crippen molar-refractivity contribution in [2.75, 3.05) is 39.4 Å². The van der Waals surface area contributed by atoms with Crippen LogP contribution in [0.4, 0.5) is 0 Å². The molecule has 4 heterocycles. The lowest BCUT2D eigenvalue weighted by Crippen LogP contribution is -2.46. The molecule has 2 aliphatic heterocycles. The summed E-state index contributed by atoms with van der Waals surface area (Å²) in [6.07, 6.45) is 11.9. The van der Waals surface area contributed by atoms with Gasteiger partial charge in [0, 0.05) is 49.7 Å². The van der Waals surface area contributed by atoms with E-state index >= 15 is 0 Å². The molecule has 1 saturated carbocycles. The minimum absolute atomic E-state index is 0.273. The van der Waals surface area contributed by atoms with E-state index in [1.165, 1.54) is 28.7 Å². The van der Waals surface area contributed by atoms with Gasteiger partial charge in [-0.15, -0.1) is 11.3 Å². The first-order chi connectivity index (χ1) is 16.3. The summed E-state index contributed by atoms with van der Waals surface area (Å²) in [5.74, 6) is 1.63. The molecule has 0 aromatic carbocycles. The molecule has 0 radical (unpaired) electrons. The number of likely N-dealkylation sites (tertiary alicyclic amines) is 1. The number of ether oxygens (including phenoxy) is 2. The number of aromatic nitrogens is 1. The minimum atomic E-state index is 0.273. The smallest absolute Gasteiger partial charge is 0.223 e. The zero-order valence-electron chi connectivity index (χ0n) is 19.5. The highest BCUT2D eigenvalue weighted by Crippen LogP contribution is 2.48. The van der Waals surface area contributed by atoms with E-state index in [0.717, 1.165) is 88.5 Å². The highest BCUT2D eigenvalue weighted by atomic mass is 32.1. The van der Waals surface area contributed by atoms with Gasteiger partial charge in [-0.25, -0.2) is 4.98 Å². The van der Waals surface area contributed by atoms with Gasteiger partial charge in [-0.05, 0) is 68.9 Å². The molecule has 33 heavy (non-hydrogen) atoms. The van der Waals surface area contributed by atoms with E-state index in [9.17, 15) is 4.79 Å². The van der Waals surface area contributed by atoms with Gasteiger partial charge in [-0.3, -0.25) is 9.69 Å². The number of thiophene rings is 1. The number of rotatable bonds is 5. The third-order valence-electron chi connectivity index (χ3n) is 8.17. The number of hydrogen-bond donors (Lipinski definition) is 0. The molecule has 2 aliphatic carbocycles. The molecule has 7 heteroatoms. The molecule has 3 fully saturated rings. The first-order valence-corrected chi connectivity index (χ1v) is 13.7. The van der Waals surface area contributed by atoms with Gasteiger partial charge >= 0.3 is 0 Å². The second-order valence-electron chi connectivity index (χ2n) is 10.2. The van der Waals surface area contributed by atoms with E-state index < -0.39 is 0 Å². The maximum atomic E-state index is 12.9. The third-order valence-corrected chi connectivity index (χ3v) is 9.35. The highest BCUT2D eigenvalue weighted by molar-refractivity contribution is 7.19. The summed E-state index contributed by atoms with van der Waals surface area (Å²) in [6, 6.07) is 2.73. The van der Waals surface area contributed by atoms with Gasteiger partial charge in [0.25, 0.3) is 0 Å². The number of aryl methyl sites for hydroxylation is 1. The monoisotopic (exact) mass is 469 g/mol. The number of morpholine rings is 1. The molecule has 0 N–H and O–H groups in total. The van der Waals surface area contributed by atoms with Gasteiger partial charge in [0.2, 0.25) is 5.91 Å². The van der Waals surface area contributed by atoms with Crippen LogP contribution in [0.2, 0.25) is 0 Å². The molecule has 178 valence electrons. The van der Waals surface area contributed by atoms with Crippen molar-refractivity contribution in [1.29, 1.82) is 0 Å². The summed E-state index contributed by atoms with van der Waals surface area (Å²) < 4.78 is 12.2. The number of fused-ring (bicyclic) bond motifs is 3. The van der Waals surface area contributed by atoms with Crippen molar-refractivity contribution in [3.63, 3.8) is 0 Å². The fourth-order valence-electron chi connectivity index (χ4n) is 6.39. The Balaban J connectivity index is 1.17. The Hall–Kier alpha value is -1.70. The predicted molar refractivity (Wildman–Crippen MR) is 130 cm³/mol. The van der Waals surface area contributed by atoms with E-state index in [1.54, 1.807) is 0 Å². The van der Waals surface area contributed by atoms with Gasteiger partial charge in [-0.1, -0.05) is 0 Å². The molecule has 6 nitrogen and oxygen atoms in total. The van der Waals surface area contributed by atoms with Crippen LogP contribution in [0, 0.1) is 0 Å². The average Bonchev–Trinajstić information content (AvgIpc) is 3.59. The summed E-state index contributed by atoms with van der Waals surface area (Å²) in [4.78, 5) is 24.8. The summed E-state index contributed by atoms with van der Waals surface area (Å²) in [7, 11) is 0. The zero-order valence-corrected chi connectivity index (χ0v) is 20.3. The molecule has 1 atom stereocenters. The average molecular weight is 470 g/mol. The third kappa shape index (κ3) is 4.40. The molecule has 2 aromatic heterocycles. The standard InChI is InChI=1S/C26H35N3O3S/c30-23(29-11-1-2-12-29)17-18-3-8-22-24(18)25-21(9-10-27-26(25)33-22)32-20-6-4-19(5-7-20)28-13-15-31-16-14-28/h9-10,18-20H,1-8,11-17H2/t18-,19-,20-/m1/s1. The van der Waals surface area contributed by atoms with Crippen LogP contribution in [-0.4, -0.2) is 72.2 Å². The van der Waals surface area contributed by atoms with Crippen molar-refractivity contribution in [2.45, 2.75) is 75.9 Å². The van der Waals surface area contributed by atoms with Crippen molar-refractivity contribution < 1.29 is 14.3 Å². The van der Waals surface area contributed by atoms with E-state index in [4.69, 9.17) is 9.47 Å². The maximum absolute atomic E-state index is 12.9. The van der Waals surface area contributed by atoms with Crippen LogP contribution < -0.4 is 4.74 Å².